The third-order valence-corrected chi connectivity index (χ3v) is 8.57. The molecule has 228 valence electrons. The fourth-order valence-corrected chi connectivity index (χ4v) is 6.50. The second-order valence-corrected chi connectivity index (χ2v) is 13.2. The number of likely N-dealkylation sites (tertiary alicyclic amines) is 1. The molecule has 0 spiro atoms. The number of carbonyl (C=O) groups is 3. The molecule has 12 heteroatoms. The Morgan fingerprint density at radius 3 is 2.44 bits per heavy atom. The van der Waals surface area contributed by atoms with Crippen molar-refractivity contribution in [3.63, 3.8) is 0 Å². The first-order chi connectivity index (χ1) is 20.5. The molecule has 3 fully saturated rings. The molecular weight excluding hydrogens is 548 g/mol. The van der Waals surface area contributed by atoms with Crippen molar-refractivity contribution in [3.05, 3.63) is 36.3 Å². The average molecular weight is 589 g/mol. The van der Waals surface area contributed by atoms with E-state index in [2.05, 4.69) is 19.9 Å². The Labute approximate surface area is 251 Å². The summed E-state index contributed by atoms with van der Waals surface area (Å²) in [5, 5.41) is 4.01. The van der Waals surface area contributed by atoms with Crippen LogP contribution >= 0.6 is 0 Å². The molecule has 1 saturated carbocycles. The highest BCUT2D eigenvalue weighted by Gasteiger charge is 2.43. The lowest BCUT2D eigenvalue weighted by Gasteiger charge is -2.33. The molecule has 12 nitrogen and oxygen atoms in total. The SMILES string of the molecule is CN(C)C(=O)c1cc2cnc(Nc3ccc(N4CC5CN(C(=O)OC(C)(C)C)CC5CC4=O)cn3)nc2n1C1CCCC1. The standard InChI is InChI=1S/C31H40N8O4/c1-31(2,3)43-30(42)37-16-20-13-26(40)38(18-21(20)17-37)23-10-11-25(32-15-23)34-29-33-14-19-12-24(28(41)36(4)5)39(27(19)35-29)22-8-6-7-9-22/h10-12,14-15,20-22H,6-9,13,16-18H2,1-5H3,(H,32,33,34,35). The Morgan fingerprint density at radius 1 is 1.02 bits per heavy atom. The number of carbonyl (C=O) groups excluding carboxylic acids is 3. The molecule has 3 aromatic rings. The molecule has 0 radical (unpaired) electrons. The van der Waals surface area contributed by atoms with Gasteiger partial charge in [0, 0.05) is 57.8 Å². The van der Waals surface area contributed by atoms with Crippen LogP contribution in [-0.4, -0.2) is 86.6 Å². The summed E-state index contributed by atoms with van der Waals surface area (Å²) in [4.78, 5) is 57.6. The molecule has 2 saturated heterocycles. The van der Waals surface area contributed by atoms with Crippen molar-refractivity contribution in [1.82, 2.24) is 29.3 Å². The van der Waals surface area contributed by atoms with Crippen molar-refractivity contribution < 1.29 is 19.1 Å². The van der Waals surface area contributed by atoms with Gasteiger partial charge in [0.2, 0.25) is 11.9 Å². The summed E-state index contributed by atoms with van der Waals surface area (Å²) in [5.74, 6) is 1.23. The third kappa shape index (κ3) is 5.87. The first-order valence-corrected chi connectivity index (χ1v) is 15.1. The van der Waals surface area contributed by atoms with Gasteiger partial charge in [-0.05, 0) is 63.6 Å². The van der Waals surface area contributed by atoms with Gasteiger partial charge in [-0.15, -0.1) is 0 Å². The van der Waals surface area contributed by atoms with Crippen molar-refractivity contribution >= 4 is 46.4 Å². The topological polar surface area (TPSA) is 126 Å². The Kier molecular flexibility index (Phi) is 7.47. The van der Waals surface area contributed by atoms with Crippen molar-refractivity contribution in [2.75, 3.05) is 43.9 Å². The molecule has 0 bridgehead atoms. The van der Waals surface area contributed by atoms with Crippen LogP contribution in [0.5, 0.6) is 0 Å². The van der Waals surface area contributed by atoms with Gasteiger partial charge < -0.3 is 29.3 Å². The Hall–Kier alpha value is -4.22. The first-order valence-electron chi connectivity index (χ1n) is 15.1. The quantitative estimate of drug-likeness (QED) is 0.458. The van der Waals surface area contributed by atoms with E-state index in [4.69, 9.17) is 9.72 Å². The van der Waals surface area contributed by atoms with Crippen molar-refractivity contribution in [2.45, 2.75) is 64.5 Å². The lowest BCUT2D eigenvalue weighted by Crippen LogP contribution is -2.44. The van der Waals surface area contributed by atoms with Crippen LogP contribution in [-0.2, 0) is 9.53 Å². The van der Waals surface area contributed by atoms with E-state index >= 15 is 0 Å². The first kappa shape index (κ1) is 28.9. The molecule has 3 aliphatic rings. The van der Waals surface area contributed by atoms with Crippen LogP contribution in [0.1, 0.15) is 69.4 Å². The van der Waals surface area contributed by atoms with Crippen LogP contribution in [0.2, 0.25) is 0 Å². The number of aromatic nitrogens is 4. The smallest absolute Gasteiger partial charge is 0.410 e. The van der Waals surface area contributed by atoms with Crippen molar-refractivity contribution in [2.24, 2.45) is 11.8 Å². The molecule has 0 aromatic carbocycles. The molecule has 5 heterocycles. The van der Waals surface area contributed by atoms with E-state index < -0.39 is 5.60 Å². The van der Waals surface area contributed by atoms with Crippen LogP contribution in [0, 0.1) is 11.8 Å². The minimum Gasteiger partial charge on any atom is -0.444 e. The van der Waals surface area contributed by atoms with Gasteiger partial charge in [0.05, 0.1) is 11.9 Å². The summed E-state index contributed by atoms with van der Waals surface area (Å²) in [5.41, 5.74) is 1.52. The predicted molar refractivity (Wildman–Crippen MR) is 162 cm³/mol. The van der Waals surface area contributed by atoms with E-state index in [9.17, 15) is 14.4 Å². The second-order valence-electron chi connectivity index (χ2n) is 13.2. The molecule has 1 aliphatic carbocycles. The zero-order chi connectivity index (χ0) is 30.5. The highest BCUT2D eigenvalue weighted by atomic mass is 16.6. The minimum atomic E-state index is -0.556. The largest absolute Gasteiger partial charge is 0.444 e. The normalized spacial score (nSPS) is 20.9. The van der Waals surface area contributed by atoms with Crippen LogP contribution in [0.15, 0.2) is 30.6 Å². The summed E-state index contributed by atoms with van der Waals surface area (Å²) in [6.45, 7) is 7.21. The number of hydrogen-bond donors (Lipinski definition) is 1. The monoisotopic (exact) mass is 588 g/mol. The second kappa shape index (κ2) is 11.1. The summed E-state index contributed by atoms with van der Waals surface area (Å²) in [6.07, 6.45) is 7.78. The predicted octanol–water partition coefficient (Wildman–Crippen LogP) is 4.61. The number of nitrogens with zero attached hydrogens (tertiary/aromatic N) is 7. The van der Waals surface area contributed by atoms with E-state index in [1.807, 2.05) is 32.9 Å². The molecule has 3 amide bonds. The van der Waals surface area contributed by atoms with Crippen LogP contribution < -0.4 is 10.2 Å². The van der Waals surface area contributed by atoms with Crippen molar-refractivity contribution in [3.8, 4) is 0 Å². The maximum Gasteiger partial charge on any atom is 0.410 e. The van der Waals surface area contributed by atoms with Gasteiger partial charge in [-0.25, -0.2) is 14.8 Å². The molecule has 6 rings (SSSR count). The molecule has 2 unspecified atom stereocenters. The fraction of sp³-hybridized carbons (Fsp3) is 0.548. The van der Waals surface area contributed by atoms with E-state index in [1.54, 1.807) is 47.3 Å². The van der Waals surface area contributed by atoms with Gasteiger partial charge in [-0.2, -0.15) is 4.98 Å². The maximum absolute atomic E-state index is 13.1. The van der Waals surface area contributed by atoms with Gasteiger partial charge in [0.25, 0.3) is 5.91 Å². The van der Waals surface area contributed by atoms with E-state index in [0.717, 1.165) is 36.7 Å². The number of fused-ring (bicyclic) bond motifs is 2. The minimum absolute atomic E-state index is 0.0272. The molecule has 43 heavy (non-hydrogen) atoms. The Bertz CT molecular complexity index is 1540. The van der Waals surface area contributed by atoms with E-state index in [-0.39, 0.29) is 35.8 Å². The number of ether oxygens (including phenoxy) is 1. The van der Waals surface area contributed by atoms with Gasteiger partial charge in [-0.3, -0.25) is 9.59 Å². The third-order valence-electron chi connectivity index (χ3n) is 8.57. The molecule has 2 aliphatic heterocycles. The van der Waals surface area contributed by atoms with Gasteiger partial charge in [0.15, 0.2) is 0 Å². The number of pyridine rings is 1. The highest BCUT2D eigenvalue weighted by Crippen LogP contribution is 2.36. The summed E-state index contributed by atoms with van der Waals surface area (Å²) < 4.78 is 7.63. The van der Waals surface area contributed by atoms with E-state index in [0.29, 0.717) is 49.2 Å². The maximum atomic E-state index is 13.1. The molecule has 3 aromatic heterocycles. The molecule has 1 N–H and O–H groups in total. The van der Waals surface area contributed by atoms with E-state index in [1.165, 1.54) is 0 Å². The van der Waals surface area contributed by atoms with Crippen LogP contribution in [0.25, 0.3) is 11.0 Å². The molecule has 2 atom stereocenters. The number of hydrogen-bond acceptors (Lipinski definition) is 8. The number of anilines is 3. The number of rotatable bonds is 5. The lowest BCUT2D eigenvalue weighted by atomic mass is 9.88. The van der Waals surface area contributed by atoms with Gasteiger partial charge in [0.1, 0.15) is 22.8 Å². The molecular formula is C31H40N8O4. The lowest BCUT2D eigenvalue weighted by molar-refractivity contribution is -0.121. The Morgan fingerprint density at radius 2 is 1.77 bits per heavy atom. The number of amides is 3. The van der Waals surface area contributed by atoms with Gasteiger partial charge >= 0.3 is 6.09 Å². The summed E-state index contributed by atoms with van der Waals surface area (Å²) in [7, 11) is 3.52. The van der Waals surface area contributed by atoms with Crippen LogP contribution in [0.3, 0.4) is 0 Å². The van der Waals surface area contributed by atoms with Crippen molar-refractivity contribution in [1.29, 1.82) is 0 Å². The Balaban J connectivity index is 1.17. The number of nitrogens with one attached hydrogen (secondary N) is 1. The zero-order valence-corrected chi connectivity index (χ0v) is 25.5. The average Bonchev–Trinajstić information content (AvgIpc) is 3.70. The summed E-state index contributed by atoms with van der Waals surface area (Å²) >= 11 is 0. The highest BCUT2D eigenvalue weighted by molar-refractivity contribution is 5.98. The van der Waals surface area contributed by atoms with Gasteiger partial charge in [-0.1, -0.05) is 12.8 Å². The number of piperidine rings is 1. The fourth-order valence-electron chi connectivity index (χ4n) is 6.50. The van der Waals surface area contributed by atoms with Crippen LogP contribution in [0.4, 0.5) is 22.2 Å². The summed E-state index contributed by atoms with van der Waals surface area (Å²) in [6, 6.07) is 5.78. The zero-order valence-electron chi connectivity index (χ0n) is 25.5.